The first-order valence-electron chi connectivity index (χ1n) is 8.54. The largest absolute Gasteiger partial charge is 0.497 e. The van der Waals surface area contributed by atoms with Gasteiger partial charge < -0.3 is 14.2 Å². The zero-order valence-electron chi connectivity index (χ0n) is 16.1. The van der Waals surface area contributed by atoms with Gasteiger partial charge in [0.15, 0.2) is 0 Å². The number of nitrogens with zero attached hydrogens (tertiary/aromatic N) is 4. The minimum absolute atomic E-state index is 0.234. The summed E-state index contributed by atoms with van der Waals surface area (Å²) < 4.78 is 11.8. The van der Waals surface area contributed by atoms with Gasteiger partial charge in [-0.25, -0.2) is 4.79 Å². The molecule has 0 aliphatic heterocycles. The van der Waals surface area contributed by atoms with Crippen LogP contribution in [0.4, 0.5) is 10.6 Å². The topological polar surface area (TPSA) is 85.4 Å². The summed E-state index contributed by atoms with van der Waals surface area (Å²) in [5.41, 5.74) is 3.33. The molecule has 0 bridgehead atoms. The van der Waals surface area contributed by atoms with Crippen LogP contribution in [-0.4, -0.2) is 40.0 Å². The number of aromatic nitrogens is 3. The maximum atomic E-state index is 12.8. The zero-order valence-corrected chi connectivity index (χ0v) is 16.1. The van der Waals surface area contributed by atoms with Crippen molar-refractivity contribution in [2.24, 2.45) is 7.05 Å². The number of hydrogen-bond acceptors (Lipinski definition) is 5. The Bertz CT molecular complexity index is 916. The highest BCUT2D eigenvalue weighted by atomic mass is 16.5. The fourth-order valence-electron chi connectivity index (χ4n) is 2.91. The number of aryl methyl sites for hydroxylation is 2. The smallest absolute Gasteiger partial charge is 0.323 e. The maximum absolute atomic E-state index is 12.8. The molecular formula is C19H23N5O3. The van der Waals surface area contributed by atoms with E-state index in [4.69, 9.17) is 9.26 Å². The predicted octanol–water partition coefficient (Wildman–Crippen LogP) is 3.62. The molecule has 0 aliphatic carbocycles. The number of hydrogen-bond donors (Lipinski definition) is 1. The number of nitrogens with one attached hydrogen (secondary N) is 1. The van der Waals surface area contributed by atoms with E-state index >= 15 is 0 Å². The van der Waals surface area contributed by atoms with Gasteiger partial charge in [-0.15, -0.1) is 0 Å². The van der Waals surface area contributed by atoms with E-state index in [9.17, 15) is 4.79 Å². The van der Waals surface area contributed by atoms with E-state index in [1.807, 2.05) is 38.1 Å². The van der Waals surface area contributed by atoms with E-state index in [1.54, 1.807) is 36.9 Å². The van der Waals surface area contributed by atoms with Crippen molar-refractivity contribution < 1.29 is 14.1 Å². The number of urea groups is 1. The lowest BCUT2D eigenvalue weighted by atomic mass is 10.1. The number of anilines is 1. The van der Waals surface area contributed by atoms with Gasteiger partial charge in [0.1, 0.15) is 23.5 Å². The van der Waals surface area contributed by atoms with Crippen molar-refractivity contribution in [3.63, 3.8) is 0 Å². The van der Waals surface area contributed by atoms with Crippen LogP contribution in [0.15, 0.2) is 41.1 Å². The van der Waals surface area contributed by atoms with Crippen LogP contribution in [0.2, 0.25) is 0 Å². The van der Waals surface area contributed by atoms with Gasteiger partial charge in [0.25, 0.3) is 0 Å². The summed E-state index contributed by atoms with van der Waals surface area (Å²) in [4.78, 5) is 14.4. The van der Waals surface area contributed by atoms with Gasteiger partial charge in [0.05, 0.1) is 18.8 Å². The molecule has 8 nitrogen and oxygen atoms in total. The Labute approximate surface area is 157 Å². The lowest BCUT2D eigenvalue weighted by Crippen LogP contribution is -2.34. The minimum atomic E-state index is -0.261. The van der Waals surface area contributed by atoms with Crippen molar-refractivity contribution in [1.29, 1.82) is 0 Å². The highest BCUT2D eigenvalue weighted by Crippen LogP contribution is 2.32. The molecule has 0 fully saturated rings. The standard InChI is InChI=1S/C19H23N5O3/c1-12-17(14-6-8-15(26-5)9-7-14)18(24(4)21-12)20-19(25)23(3)13(2)16-10-11-27-22-16/h6-11,13H,1-5H3,(H,20,25)/t13-/m1/s1. The summed E-state index contributed by atoms with van der Waals surface area (Å²) in [6, 6.07) is 8.90. The number of carbonyl (C=O) groups excluding carboxylic acids is 1. The molecule has 1 N–H and O–H groups in total. The van der Waals surface area contributed by atoms with Gasteiger partial charge in [0, 0.05) is 25.7 Å². The quantitative estimate of drug-likeness (QED) is 0.742. The third-order valence-corrected chi connectivity index (χ3v) is 4.61. The molecule has 0 saturated carbocycles. The van der Waals surface area contributed by atoms with Crippen LogP contribution in [0.25, 0.3) is 11.1 Å². The number of methoxy groups -OCH3 is 1. The lowest BCUT2D eigenvalue weighted by molar-refractivity contribution is 0.205. The fourth-order valence-corrected chi connectivity index (χ4v) is 2.91. The Morgan fingerprint density at radius 2 is 2.00 bits per heavy atom. The van der Waals surface area contributed by atoms with E-state index in [2.05, 4.69) is 15.6 Å². The van der Waals surface area contributed by atoms with Gasteiger partial charge in [-0.3, -0.25) is 10.00 Å². The summed E-state index contributed by atoms with van der Waals surface area (Å²) >= 11 is 0. The molecule has 1 aromatic carbocycles. The second-order valence-corrected chi connectivity index (χ2v) is 6.30. The van der Waals surface area contributed by atoms with E-state index in [0.717, 1.165) is 22.6 Å². The van der Waals surface area contributed by atoms with Gasteiger partial charge in [-0.05, 0) is 31.5 Å². The normalized spacial score (nSPS) is 11.9. The van der Waals surface area contributed by atoms with Crippen LogP contribution in [0, 0.1) is 6.92 Å². The van der Waals surface area contributed by atoms with Crippen molar-refractivity contribution in [1.82, 2.24) is 19.8 Å². The zero-order chi connectivity index (χ0) is 19.6. The van der Waals surface area contributed by atoms with Gasteiger partial charge in [-0.1, -0.05) is 17.3 Å². The molecule has 0 saturated heterocycles. The molecule has 8 heteroatoms. The van der Waals surface area contributed by atoms with Crippen molar-refractivity contribution in [2.45, 2.75) is 19.9 Å². The van der Waals surface area contributed by atoms with Crippen molar-refractivity contribution in [3.05, 3.63) is 48.0 Å². The summed E-state index contributed by atoms with van der Waals surface area (Å²) in [5, 5.41) is 11.3. The Kier molecular flexibility index (Phi) is 5.16. The first kappa shape index (κ1) is 18.5. The highest BCUT2D eigenvalue weighted by Gasteiger charge is 2.23. The second kappa shape index (κ2) is 7.53. The van der Waals surface area contributed by atoms with E-state index in [1.165, 1.54) is 6.26 Å². The van der Waals surface area contributed by atoms with E-state index in [0.29, 0.717) is 11.5 Å². The van der Waals surface area contributed by atoms with Gasteiger partial charge in [-0.2, -0.15) is 5.10 Å². The van der Waals surface area contributed by atoms with Gasteiger partial charge in [0.2, 0.25) is 0 Å². The lowest BCUT2D eigenvalue weighted by Gasteiger charge is -2.23. The van der Waals surface area contributed by atoms with Crippen LogP contribution < -0.4 is 10.1 Å². The third-order valence-electron chi connectivity index (χ3n) is 4.61. The van der Waals surface area contributed by atoms with Crippen LogP contribution in [-0.2, 0) is 7.05 Å². The molecule has 0 spiro atoms. The number of rotatable bonds is 5. The van der Waals surface area contributed by atoms with Crippen molar-refractivity contribution in [2.75, 3.05) is 19.5 Å². The average Bonchev–Trinajstić information content (AvgIpc) is 3.29. The molecule has 1 atom stereocenters. The Balaban J connectivity index is 1.87. The number of ether oxygens (including phenoxy) is 1. The number of carbonyl (C=O) groups is 1. The molecule has 0 unspecified atom stereocenters. The van der Waals surface area contributed by atoms with Crippen LogP contribution >= 0.6 is 0 Å². The van der Waals surface area contributed by atoms with Crippen LogP contribution in [0.5, 0.6) is 5.75 Å². The third kappa shape index (κ3) is 3.64. The molecule has 2 aromatic heterocycles. The molecule has 2 heterocycles. The molecule has 27 heavy (non-hydrogen) atoms. The second-order valence-electron chi connectivity index (χ2n) is 6.30. The van der Waals surface area contributed by atoms with E-state index in [-0.39, 0.29) is 12.1 Å². The van der Waals surface area contributed by atoms with Crippen LogP contribution in [0.1, 0.15) is 24.4 Å². The summed E-state index contributed by atoms with van der Waals surface area (Å²) in [6.07, 6.45) is 1.49. The molecule has 3 aromatic rings. The monoisotopic (exact) mass is 369 g/mol. The molecule has 142 valence electrons. The molecular weight excluding hydrogens is 346 g/mol. The van der Waals surface area contributed by atoms with Crippen LogP contribution in [0.3, 0.4) is 0 Å². The fraction of sp³-hybridized carbons (Fsp3) is 0.316. The minimum Gasteiger partial charge on any atom is -0.497 e. The molecule has 3 rings (SSSR count). The summed E-state index contributed by atoms with van der Waals surface area (Å²) in [5.74, 6) is 1.40. The Hall–Kier alpha value is -3.29. The SMILES string of the molecule is COc1ccc(-c2c(C)nn(C)c2NC(=O)N(C)[C@H](C)c2ccon2)cc1. The highest BCUT2D eigenvalue weighted by molar-refractivity contribution is 5.94. The van der Waals surface area contributed by atoms with Crippen molar-refractivity contribution >= 4 is 11.8 Å². The number of benzene rings is 1. The maximum Gasteiger partial charge on any atom is 0.323 e. The van der Waals surface area contributed by atoms with Gasteiger partial charge >= 0.3 is 6.03 Å². The Morgan fingerprint density at radius 1 is 1.30 bits per heavy atom. The average molecular weight is 369 g/mol. The van der Waals surface area contributed by atoms with E-state index < -0.39 is 0 Å². The number of amides is 2. The first-order chi connectivity index (χ1) is 12.9. The molecule has 2 amide bonds. The first-order valence-corrected chi connectivity index (χ1v) is 8.54. The molecule has 0 aliphatic rings. The summed E-state index contributed by atoms with van der Waals surface area (Å²) in [7, 11) is 5.14. The predicted molar refractivity (Wildman–Crippen MR) is 102 cm³/mol. The molecule has 0 radical (unpaired) electrons. The summed E-state index contributed by atoms with van der Waals surface area (Å²) in [6.45, 7) is 3.80. The van der Waals surface area contributed by atoms with Crippen molar-refractivity contribution in [3.8, 4) is 16.9 Å². The Morgan fingerprint density at radius 3 is 2.59 bits per heavy atom.